The van der Waals surface area contributed by atoms with E-state index in [1.165, 1.54) is 0 Å². The molecular formula is C19H23N5O3S. The van der Waals surface area contributed by atoms with Gasteiger partial charge in [0.2, 0.25) is 10.0 Å². The molecule has 0 atom stereocenters. The summed E-state index contributed by atoms with van der Waals surface area (Å²) < 4.78 is 35.0. The van der Waals surface area contributed by atoms with Crippen LogP contribution in [-0.4, -0.2) is 34.7 Å². The summed E-state index contributed by atoms with van der Waals surface area (Å²) in [7, 11) is -3.55. The van der Waals surface area contributed by atoms with Crippen LogP contribution in [0.15, 0.2) is 39.8 Å². The van der Waals surface area contributed by atoms with Crippen LogP contribution in [0.25, 0.3) is 11.3 Å². The zero-order valence-electron chi connectivity index (χ0n) is 15.8. The highest BCUT2D eigenvalue weighted by molar-refractivity contribution is 7.89. The van der Waals surface area contributed by atoms with Crippen LogP contribution in [0.4, 0.5) is 0 Å². The number of benzene rings is 1. The predicted molar refractivity (Wildman–Crippen MR) is 103 cm³/mol. The van der Waals surface area contributed by atoms with Crippen molar-refractivity contribution < 1.29 is 12.8 Å². The number of aryl methyl sites for hydroxylation is 3. The minimum atomic E-state index is -3.55. The number of hydrogen-bond donors (Lipinski definition) is 1. The molecule has 4 rings (SSSR count). The summed E-state index contributed by atoms with van der Waals surface area (Å²) >= 11 is 0. The Hall–Kier alpha value is -2.52. The number of aromatic nitrogens is 4. The second-order valence-electron chi connectivity index (χ2n) is 6.92. The van der Waals surface area contributed by atoms with Gasteiger partial charge in [0.1, 0.15) is 23.6 Å². The maximum atomic E-state index is 12.5. The summed E-state index contributed by atoms with van der Waals surface area (Å²) in [6, 6.07) is 6.62. The fraction of sp³-hybridized carbons (Fsp3) is 0.421. The number of fused-ring (bicyclic) bond motifs is 1. The maximum Gasteiger partial charge on any atom is 0.240 e. The SMILES string of the molecule is Cc1nc(-c2ccc(S(=O)(=O)NCCCc3nnc4n3CCCC4)cc2)co1. The van der Waals surface area contributed by atoms with E-state index >= 15 is 0 Å². The Morgan fingerprint density at radius 3 is 2.75 bits per heavy atom. The Bertz CT molecular complexity index is 1050. The Labute approximate surface area is 164 Å². The first-order chi connectivity index (χ1) is 13.5. The van der Waals surface area contributed by atoms with Gasteiger partial charge in [-0.05, 0) is 31.4 Å². The maximum absolute atomic E-state index is 12.5. The molecule has 0 radical (unpaired) electrons. The van der Waals surface area contributed by atoms with E-state index in [0.717, 1.165) is 43.0 Å². The molecule has 0 spiro atoms. The number of rotatable bonds is 7. The predicted octanol–water partition coefficient (Wildman–Crippen LogP) is 2.49. The first-order valence-electron chi connectivity index (χ1n) is 9.46. The van der Waals surface area contributed by atoms with Gasteiger partial charge in [0.05, 0.1) is 4.90 Å². The fourth-order valence-corrected chi connectivity index (χ4v) is 4.46. The zero-order chi connectivity index (χ0) is 19.6. The summed E-state index contributed by atoms with van der Waals surface area (Å²) in [6.07, 6.45) is 6.22. The summed E-state index contributed by atoms with van der Waals surface area (Å²) in [5, 5.41) is 8.48. The van der Waals surface area contributed by atoms with Gasteiger partial charge in [0, 0.05) is 38.4 Å². The highest BCUT2D eigenvalue weighted by atomic mass is 32.2. The molecule has 148 valence electrons. The Balaban J connectivity index is 1.33. The lowest BCUT2D eigenvalue weighted by Crippen LogP contribution is -2.25. The van der Waals surface area contributed by atoms with Gasteiger partial charge in [0.15, 0.2) is 5.89 Å². The molecule has 3 aromatic rings. The molecule has 1 aromatic carbocycles. The third kappa shape index (κ3) is 4.00. The lowest BCUT2D eigenvalue weighted by Gasteiger charge is -2.14. The van der Waals surface area contributed by atoms with Crippen LogP contribution in [0, 0.1) is 6.92 Å². The minimum Gasteiger partial charge on any atom is -0.449 e. The molecule has 1 aliphatic rings. The van der Waals surface area contributed by atoms with Crippen LogP contribution in [0.2, 0.25) is 0 Å². The molecule has 1 aliphatic heterocycles. The molecule has 0 amide bonds. The van der Waals surface area contributed by atoms with Crippen molar-refractivity contribution in [1.82, 2.24) is 24.5 Å². The van der Waals surface area contributed by atoms with Crippen LogP contribution in [0.1, 0.15) is 36.8 Å². The van der Waals surface area contributed by atoms with Crippen LogP contribution in [0.3, 0.4) is 0 Å². The third-order valence-corrected chi connectivity index (χ3v) is 6.36. The molecule has 0 aliphatic carbocycles. The summed E-state index contributed by atoms with van der Waals surface area (Å²) in [6.45, 7) is 3.08. The topological polar surface area (TPSA) is 103 Å². The van der Waals surface area contributed by atoms with Crippen molar-refractivity contribution in [3.05, 3.63) is 48.1 Å². The van der Waals surface area contributed by atoms with Crippen molar-refractivity contribution in [2.75, 3.05) is 6.54 Å². The molecule has 0 bridgehead atoms. The number of hydrogen-bond acceptors (Lipinski definition) is 6. The lowest BCUT2D eigenvalue weighted by molar-refractivity contribution is 0.504. The average molecular weight is 401 g/mol. The van der Waals surface area contributed by atoms with Crippen molar-refractivity contribution in [2.24, 2.45) is 0 Å². The van der Waals surface area contributed by atoms with Gasteiger partial charge in [0.25, 0.3) is 0 Å². The molecular weight excluding hydrogens is 378 g/mol. The van der Waals surface area contributed by atoms with Crippen LogP contribution in [0.5, 0.6) is 0 Å². The molecule has 2 aromatic heterocycles. The van der Waals surface area contributed by atoms with Gasteiger partial charge in [-0.25, -0.2) is 18.1 Å². The van der Waals surface area contributed by atoms with Gasteiger partial charge in [-0.2, -0.15) is 0 Å². The van der Waals surface area contributed by atoms with E-state index in [4.69, 9.17) is 4.42 Å². The number of nitrogens with one attached hydrogen (secondary N) is 1. The largest absolute Gasteiger partial charge is 0.449 e. The number of oxazole rings is 1. The molecule has 3 heterocycles. The quantitative estimate of drug-likeness (QED) is 0.610. The van der Waals surface area contributed by atoms with Gasteiger partial charge in [-0.15, -0.1) is 10.2 Å². The van der Waals surface area contributed by atoms with Crippen molar-refractivity contribution >= 4 is 10.0 Å². The number of nitrogens with zero attached hydrogens (tertiary/aromatic N) is 4. The second-order valence-corrected chi connectivity index (χ2v) is 8.69. The van der Waals surface area contributed by atoms with Gasteiger partial charge < -0.3 is 8.98 Å². The molecule has 8 nitrogen and oxygen atoms in total. The van der Waals surface area contributed by atoms with Crippen molar-refractivity contribution in [3.8, 4) is 11.3 Å². The monoisotopic (exact) mass is 401 g/mol. The molecule has 0 saturated heterocycles. The van der Waals surface area contributed by atoms with E-state index in [2.05, 4.69) is 24.5 Å². The van der Waals surface area contributed by atoms with Crippen LogP contribution >= 0.6 is 0 Å². The summed E-state index contributed by atoms with van der Waals surface area (Å²) in [4.78, 5) is 4.48. The Morgan fingerprint density at radius 1 is 1.18 bits per heavy atom. The molecule has 0 unspecified atom stereocenters. The number of sulfonamides is 1. The van der Waals surface area contributed by atoms with E-state index in [-0.39, 0.29) is 4.90 Å². The van der Waals surface area contributed by atoms with Crippen molar-refractivity contribution in [3.63, 3.8) is 0 Å². The van der Waals surface area contributed by atoms with E-state index in [1.807, 2.05) is 0 Å². The van der Waals surface area contributed by atoms with Crippen molar-refractivity contribution in [2.45, 2.75) is 50.5 Å². The van der Waals surface area contributed by atoms with E-state index < -0.39 is 10.0 Å². The first kappa shape index (κ1) is 18.8. The smallest absolute Gasteiger partial charge is 0.240 e. The van der Waals surface area contributed by atoms with Gasteiger partial charge in [-0.1, -0.05) is 12.1 Å². The highest BCUT2D eigenvalue weighted by Crippen LogP contribution is 2.21. The zero-order valence-corrected chi connectivity index (χ0v) is 16.6. The highest BCUT2D eigenvalue weighted by Gasteiger charge is 2.17. The summed E-state index contributed by atoms with van der Waals surface area (Å²) in [5.74, 6) is 2.56. The standard InChI is InChI=1S/C19H23N5O3S/c1-14-21-17(13-27-14)15-7-9-16(10-8-15)28(25,26)20-11-4-6-19-23-22-18-5-2-3-12-24(18)19/h7-10,13,20H,2-6,11-12H2,1H3. The van der Waals surface area contributed by atoms with E-state index in [9.17, 15) is 8.42 Å². The first-order valence-corrected chi connectivity index (χ1v) is 10.9. The Morgan fingerprint density at radius 2 is 2.00 bits per heavy atom. The molecule has 9 heteroatoms. The van der Waals surface area contributed by atoms with Crippen LogP contribution in [-0.2, 0) is 29.4 Å². The van der Waals surface area contributed by atoms with Gasteiger partial charge >= 0.3 is 0 Å². The molecule has 28 heavy (non-hydrogen) atoms. The average Bonchev–Trinajstić information content (AvgIpc) is 3.32. The van der Waals surface area contributed by atoms with E-state index in [1.54, 1.807) is 37.5 Å². The summed E-state index contributed by atoms with van der Waals surface area (Å²) in [5.41, 5.74) is 1.50. The lowest BCUT2D eigenvalue weighted by atomic mass is 10.1. The third-order valence-electron chi connectivity index (χ3n) is 4.88. The fourth-order valence-electron chi connectivity index (χ4n) is 3.39. The van der Waals surface area contributed by atoms with E-state index in [0.29, 0.717) is 31.0 Å². The minimum absolute atomic E-state index is 0.233. The van der Waals surface area contributed by atoms with Gasteiger partial charge in [-0.3, -0.25) is 0 Å². The molecule has 0 saturated carbocycles. The Kier molecular flexibility index (Phi) is 5.27. The molecule has 1 N–H and O–H groups in total. The normalized spacial score (nSPS) is 14.2. The van der Waals surface area contributed by atoms with Crippen molar-refractivity contribution in [1.29, 1.82) is 0 Å². The molecule has 0 fully saturated rings. The second kappa shape index (κ2) is 7.84. The van der Waals surface area contributed by atoms with Crippen LogP contribution < -0.4 is 4.72 Å².